The second-order valence-electron chi connectivity index (χ2n) is 5.56. The number of hydrogen-bond acceptors (Lipinski definition) is 4. The highest BCUT2D eigenvalue weighted by atomic mass is 16.5. The fourth-order valence-electron chi connectivity index (χ4n) is 2.54. The van der Waals surface area contributed by atoms with Crippen LogP contribution in [0.5, 0.6) is 0 Å². The van der Waals surface area contributed by atoms with E-state index in [-0.39, 0.29) is 5.97 Å². The molecule has 0 amide bonds. The normalized spacial score (nSPS) is 19.9. The van der Waals surface area contributed by atoms with Crippen LogP contribution in [-0.4, -0.2) is 36.1 Å². The van der Waals surface area contributed by atoms with Gasteiger partial charge in [0.15, 0.2) is 0 Å². The topological polar surface area (TPSA) is 42.4 Å². The zero-order chi connectivity index (χ0) is 13.8. The summed E-state index contributed by atoms with van der Waals surface area (Å²) >= 11 is 0. The van der Waals surface area contributed by atoms with Crippen molar-refractivity contribution in [2.24, 2.45) is 11.8 Å². The Morgan fingerprint density at radius 1 is 1.53 bits per heavy atom. The largest absolute Gasteiger partial charge is 0.465 e. The third kappa shape index (κ3) is 3.53. The summed E-state index contributed by atoms with van der Waals surface area (Å²) in [5.74, 6) is 1.22. The summed E-state index contributed by atoms with van der Waals surface area (Å²) in [6, 6.07) is 3.69. The molecule has 1 atom stereocenters. The van der Waals surface area contributed by atoms with Gasteiger partial charge < -0.3 is 4.74 Å². The molecule has 2 heterocycles. The lowest BCUT2D eigenvalue weighted by Crippen LogP contribution is -2.22. The molecule has 1 saturated heterocycles. The van der Waals surface area contributed by atoms with E-state index < -0.39 is 0 Å². The standard InChI is InChI=1S/C15H22N2O2/c1-11(2)13-6-7-17(9-13)10-14-5-4-12(8-16-14)15(18)19-3/h4-5,8,11,13H,6-7,9-10H2,1-3H3. The van der Waals surface area contributed by atoms with E-state index in [1.807, 2.05) is 6.07 Å². The molecule has 1 aliphatic heterocycles. The maximum absolute atomic E-state index is 11.3. The van der Waals surface area contributed by atoms with Crippen molar-refractivity contribution < 1.29 is 9.53 Å². The molecule has 1 unspecified atom stereocenters. The Bertz CT molecular complexity index is 428. The molecule has 0 spiro atoms. The van der Waals surface area contributed by atoms with Crippen LogP contribution in [0.4, 0.5) is 0 Å². The second kappa shape index (κ2) is 6.15. The average Bonchev–Trinajstić information content (AvgIpc) is 2.87. The van der Waals surface area contributed by atoms with Gasteiger partial charge in [-0.25, -0.2) is 4.79 Å². The van der Waals surface area contributed by atoms with Crippen molar-refractivity contribution in [3.63, 3.8) is 0 Å². The molecule has 1 aromatic heterocycles. The van der Waals surface area contributed by atoms with Crippen molar-refractivity contribution >= 4 is 5.97 Å². The molecule has 0 aromatic carbocycles. The van der Waals surface area contributed by atoms with Crippen molar-refractivity contribution in [2.75, 3.05) is 20.2 Å². The van der Waals surface area contributed by atoms with Crippen molar-refractivity contribution in [3.05, 3.63) is 29.6 Å². The predicted octanol–water partition coefficient (Wildman–Crippen LogP) is 2.35. The van der Waals surface area contributed by atoms with Gasteiger partial charge in [-0.1, -0.05) is 13.8 Å². The predicted molar refractivity (Wildman–Crippen MR) is 73.8 cm³/mol. The molecule has 0 aliphatic carbocycles. The number of methoxy groups -OCH3 is 1. The number of rotatable bonds is 4. The van der Waals surface area contributed by atoms with E-state index in [9.17, 15) is 4.79 Å². The SMILES string of the molecule is COC(=O)c1ccc(CN2CCC(C(C)C)C2)nc1. The number of carbonyl (C=O) groups excluding carboxylic acids is 1. The first-order valence-electron chi connectivity index (χ1n) is 6.85. The second-order valence-corrected chi connectivity index (χ2v) is 5.56. The molecule has 1 fully saturated rings. The van der Waals surface area contributed by atoms with E-state index in [4.69, 9.17) is 0 Å². The lowest BCUT2D eigenvalue weighted by molar-refractivity contribution is 0.0600. The van der Waals surface area contributed by atoms with Crippen molar-refractivity contribution in [2.45, 2.75) is 26.8 Å². The van der Waals surface area contributed by atoms with Gasteiger partial charge in [-0.3, -0.25) is 9.88 Å². The molecule has 0 N–H and O–H groups in total. The van der Waals surface area contributed by atoms with Gasteiger partial charge in [0.1, 0.15) is 0 Å². The minimum absolute atomic E-state index is 0.333. The molecule has 19 heavy (non-hydrogen) atoms. The van der Waals surface area contributed by atoms with Gasteiger partial charge in [-0.15, -0.1) is 0 Å². The molecule has 2 rings (SSSR count). The monoisotopic (exact) mass is 262 g/mol. The first kappa shape index (κ1) is 14.0. The smallest absolute Gasteiger partial charge is 0.339 e. The number of hydrogen-bond donors (Lipinski definition) is 0. The fourth-order valence-corrected chi connectivity index (χ4v) is 2.54. The fraction of sp³-hybridized carbons (Fsp3) is 0.600. The minimum Gasteiger partial charge on any atom is -0.465 e. The maximum Gasteiger partial charge on any atom is 0.339 e. The summed E-state index contributed by atoms with van der Waals surface area (Å²) in [5, 5.41) is 0. The summed E-state index contributed by atoms with van der Waals surface area (Å²) in [6.45, 7) is 7.74. The third-order valence-corrected chi connectivity index (χ3v) is 3.88. The highest BCUT2D eigenvalue weighted by Crippen LogP contribution is 2.24. The molecule has 4 heteroatoms. The van der Waals surface area contributed by atoms with Gasteiger partial charge in [0, 0.05) is 19.3 Å². The Morgan fingerprint density at radius 3 is 2.84 bits per heavy atom. The van der Waals surface area contributed by atoms with E-state index in [1.54, 1.807) is 12.3 Å². The number of carbonyl (C=O) groups is 1. The van der Waals surface area contributed by atoms with E-state index in [2.05, 4.69) is 28.5 Å². The van der Waals surface area contributed by atoms with Crippen LogP contribution in [0.15, 0.2) is 18.3 Å². The van der Waals surface area contributed by atoms with Crippen molar-refractivity contribution in [1.29, 1.82) is 0 Å². The van der Waals surface area contributed by atoms with Crippen molar-refractivity contribution in [1.82, 2.24) is 9.88 Å². The van der Waals surface area contributed by atoms with E-state index >= 15 is 0 Å². The van der Waals surface area contributed by atoms with E-state index in [0.29, 0.717) is 5.56 Å². The molecule has 0 radical (unpaired) electrons. The number of esters is 1. The average molecular weight is 262 g/mol. The molecular weight excluding hydrogens is 240 g/mol. The summed E-state index contributed by atoms with van der Waals surface area (Å²) in [5.41, 5.74) is 1.52. The summed E-state index contributed by atoms with van der Waals surface area (Å²) in [7, 11) is 1.38. The van der Waals surface area contributed by atoms with E-state index in [0.717, 1.165) is 37.2 Å². The molecule has 0 bridgehead atoms. The highest BCUT2D eigenvalue weighted by molar-refractivity contribution is 5.88. The molecular formula is C15H22N2O2. The van der Waals surface area contributed by atoms with E-state index in [1.165, 1.54) is 13.5 Å². The number of ether oxygens (including phenoxy) is 1. The summed E-state index contributed by atoms with van der Waals surface area (Å²) < 4.78 is 4.66. The minimum atomic E-state index is -0.333. The first-order chi connectivity index (χ1) is 9.10. The van der Waals surface area contributed by atoms with Crippen molar-refractivity contribution in [3.8, 4) is 0 Å². The van der Waals surface area contributed by atoms with Gasteiger partial charge in [-0.2, -0.15) is 0 Å². The van der Waals surface area contributed by atoms with Crippen LogP contribution < -0.4 is 0 Å². The molecule has 1 aliphatic rings. The Balaban J connectivity index is 1.92. The van der Waals surface area contributed by atoms with Gasteiger partial charge in [0.25, 0.3) is 0 Å². The number of likely N-dealkylation sites (tertiary alicyclic amines) is 1. The van der Waals surface area contributed by atoms with Crippen LogP contribution in [0.25, 0.3) is 0 Å². The maximum atomic E-state index is 11.3. The Morgan fingerprint density at radius 2 is 2.32 bits per heavy atom. The Hall–Kier alpha value is -1.42. The van der Waals surface area contributed by atoms with Gasteiger partial charge in [0.2, 0.25) is 0 Å². The summed E-state index contributed by atoms with van der Waals surface area (Å²) in [6.07, 6.45) is 2.87. The number of pyridine rings is 1. The van der Waals surface area contributed by atoms with Gasteiger partial charge in [-0.05, 0) is 36.9 Å². The lowest BCUT2D eigenvalue weighted by Gasteiger charge is -2.17. The Kier molecular flexibility index (Phi) is 4.53. The molecule has 4 nitrogen and oxygen atoms in total. The molecule has 104 valence electrons. The van der Waals surface area contributed by atoms with Crippen LogP contribution in [0, 0.1) is 11.8 Å². The van der Waals surface area contributed by atoms with Gasteiger partial charge in [0.05, 0.1) is 18.4 Å². The highest BCUT2D eigenvalue weighted by Gasteiger charge is 2.24. The Labute approximate surface area is 114 Å². The lowest BCUT2D eigenvalue weighted by atomic mass is 9.95. The zero-order valence-electron chi connectivity index (χ0n) is 11.9. The first-order valence-corrected chi connectivity index (χ1v) is 6.85. The van der Waals surface area contributed by atoms with Crippen LogP contribution in [0.1, 0.15) is 36.3 Å². The molecule has 0 saturated carbocycles. The zero-order valence-corrected chi connectivity index (χ0v) is 11.9. The third-order valence-electron chi connectivity index (χ3n) is 3.88. The van der Waals surface area contributed by atoms with Crippen LogP contribution in [0.3, 0.4) is 0 Å². The van der Waals surface area contributed by atoms with Crippen LogP contribution in [0.2, 0.25) is 0 Å². The van der Waals surface area contributed by atoms with Crippen LogP contribution >= 0.6 is 0 Å². The summed E-state index contributed by atoms with van der Waals surface area (Å²) in [4.78, 5) is 18.1. The van der Waals surface area contributed by atoms with Gasteiger partial charge >= 0.3 is 5.97 Å². The molecule has 1 aromatic rings. The quantitative estimate of drug-likeness (QED) is 0.781. The number of aromatic nitrogens is 1. The van der Waals surface area contributed by atoms with Crippen LogP contribution in [-0.2, 0) is 11.3 Å². The number of nitrogens with zero attached hydrogens (tertiary/aromatic N) is 2.